The first kappa shape index (κ1) is 16.9. The summed E-state index contributed by atoms with van der Waals surface area (Å²) in [7, 11) is 1.54. The predicted octanol–water partition coefficient (Wildman–Crippen LogP) is 2.85. The van der Waals surface area contributed by atoms with Crippen LogP contribution in [0.1, 0.15) is 15.9 Å². The maximum absolute atomic E-state index is 10.8. The van der Waals surface area contributed by atoms with Crippen molar-refractivity contribution in [3.63, 3.8) is 0 Å². The van der Waals surface area contributed by atoms with Crippen LogP contribution in [0.25, 0.3) is 0 Å². The average molecular weight is 324 g/mol. The minimum Gasteiger partial charge on any atom is -0.493 e. The van der Waals surface area contributed by atoms with E-state index in [4.69, 9.17) is 21.0 Å². The van der Waals surface area contributed by atoms with Gasteiger partial charge < -0.3 is 14.6 Å². The van der Waals surface area contributed by atoms with Crippen LogP contribution < -0.4 is 14.9 Å². The first-order valence-electron chi connectivity index (χ1n) is 7.01. The van der Waals surface area contributed by atoms with Gasteiger partial charge in [0.2, 0.25) is 0 Å². The van der Waals surface area contributed by atoms with Gasteiger partial charge in [0.25, 0.3) is 0 Å². The van der Waals surface area contributed by atoms with Gasteiger partial charge in [0, 0.05) is 0 Å². The van der Waals surface area contributed by atoms with Gasteiger partial charge in [0.1, 0.15) is 6.61 Å². The molecule has 0 atom stereocenters. The number of nitrogens with zero attached hydrogens (tertiary/aromatic N) is 1. The molecule has 0 heterocycles. The number of carbonyl (C=O) groups is 1. The predicted molar refractivity (Wildman–Crippen MR) is 91.9 cm³/mol. The van der Waals surface area contributed by atoms with E-state index in [0.717, 1.165) is 5.56 Å². The van der Waals surface area contributed by atoms with Gasteiger partial charge in [-0.25, -0.2) is 4.79 Å². The molecule has 0 fully saturated rings. The number of rotatable bonds is 7. The lowest BCUT2D eigenvalue weighted by molar-refractivity contribution is 0.0697. The van der Waals surface area contributed by atoms with Crippen molar-refractivity contribution in [1.29, 1.82) is 0 Å². The van der Waals surface area contributed by atoms with Crippen molar-refractivity contribution in [3.8, 4) is 23.8 Å². The number of hydrazone groups is 1. The Hall–Kier alpha value is -3.46. The molecule has 6 nitrogen and oxygen atoms in total. The Morgan fingerprint density at radius 1 is 1.29 bits per heavy atom. The fraction of sp³-hybridized carbons (Fsp3) is 0.111. The lowest BCUT2D eigenvalue weighted by Crippen LogP contribution is -1.98. The molecule has 2 rings (SSSR count). The second-order valence-corrected chi connectivity index (χ2v) is 4.66. The number of nitrogens with one attached hydrogen (secondary N) is 1. The van der Waals surface area contributed by atoms with Crippen molar-refractivity contribution in [3.05, 3.63) is 53.6 Å². The Bertz CT molecular complexity index is 777. The smallest absolute Gasteiger partial charge is 0.335 e. The molecule has 0 bridgehead atoms. The van der Waals surface area contributed by atoms with E-state index < -0.39 is 5.97 Å². The van der Waals surface area contributed by atoms with Crippen LogP contribution in [0.15, 0.2) is 47.6 Å². The van der Waals surface area contributed by atoms with E-state index in [1.165, 1.54) is 12.1 Å². The average Bonchev–Trinajstić information content (AvgIpc) is 2.60. The van der Waals surface area contributed by atoms with Crippen molar-refractivity contribution >= 4 is 17.9 Å². The van der Waals surface area contributed by atoms with Crippen LogP contribution in [0.5, 0.6) is 11.5 Å². The van der Waals surface area contributed by atoms with E-state index in [2.05, 4.69) is 16.4 Å². The molecule has 0 aliphatic rings. The van der Waals surface area contributed by atoms with Gasteiger partial charge in [-0.1, -0.05) is 5.92 Å². The summed E-state index contributed by atoms with van der Waals surface area (Å²) in [5, 5.41) is 12.9. The molecule has 2 N–H and O–H groups in total. The highest BCUT2D eigenvalue weighted by Crippen LogP contribution is 2.27. The van der Waals surface area contributed by atoms with Gasteiger partial charge in [0.15, 0.2) is 11.5 Å². The Morgan fingerprint density at radius 3 is 2.67 bits per heavy atom. The summed E-state index contributed by atoms with van der Waals surface area (Å²) < 4.78 is 10.6. The molecule has 0 spiro atoms. The monoisotopic (exact) mass is 324 g/mol. The van der Waals surface area contributed by atoms with Crippen molar-refractivity contribution < 1.29 is 19.4 Å². The SMILES string of the molecule is C#CCOc1ccc(C=NNc2ccc(C(=O)O)cc2)cc1OC. The molecule has 0 aliphatic carbocycles. The lowest BCUT2D eigenvalue weighted by Gasteiger charge is -2.09. The highest BCUT2D eigenvalue weighted by Gasteiger charge is 2.04. The molecular formula is C18H16N2O4. The third kappa shape index (κ3) is 4.52. The van der Waals surface area contributed by atoms with Crippen LogP contribution in [-0.2, 0) is 0 Å². The van der Waals surface area contributed by atoms with E-state index in [0.29, 0.717) is 17.2 Å². The van der Waals surface area contributed by atoms with Crippen LogP contribution in [0, 0.1) is 12.3 Å². The molecule has 0 amide bonds. The molecule has 0 unspecified atom stereocenters. The topological polar surface area (TPSA) is 80.2 Å². The number of carboxylic acids is 1. The van der Waals surface area contributed by atoms with Crippen LogP contribution >= 0.6 is 0 Å². The molecule has 0 radical (unpaired) electrons. The molecule has 0 aromatic heterocycles. The number of benzene rings is 2. The maximum atomic E-state index is 10.8. The Labute approximate surface area is 139 Å². The first-order valence-corrected chi connectivity index (χ1v) is 7.01. The molecular weight excluding hydrogens is 308 g/mol. The number of aromatic carboxylic acids is 1. The number of hydrogen-bond donors (Lipinski definition) is 2. The van der Waals surface area contributed by atoms with Crippen LogP contribution in [-0.4, -0.2) is 31.0 Å². The van der Waals surface area contributed by atoms with Gasteiger partial charge in [-0.2, -0.15) is 5.10 Å². The zero-order chi connectivity index (χ0) is 17.4. The number of terminal acetylenes is 1. The Kier molecular flexibility index (Phi) is 5.81. The highest BCUT2D eigenvalue weighted by molar-refractivity contribution is 5.88. The molecule has 0 aliphatic heterocycles. The summed E-state index contributed by atoms with van der Waals surface area (Å²) in [6, 6.07) is 11.6. The van der Waals surface area contributed by atoms with Crippen LogP contribution in [0.3, 0.4) is 0 Å². The van der Waals surface area contributed by atoms with Crippen LogP contribution in [0.2, 0.25) is 0 Å². The largest absolute Gasteiger partial charge is 0.493 e. The van der Waals surface area contributed by atoms with Gasteiger partial charge >= 0.3 is 5.97 Å². The summed E-state index contributed by atoms with van der Waals surface area (Å²) in [6.45, 7) is 0.164. The quantitative estimate of drug-likeness (QED) is 0.465. The van der Waals surface area contributed by atoms with Gasteiger partial charge in [-0.05, 0) is 48.0 Å². The molecule has 2 aromatic rings. The standard InChI is InChI=1S/C18H16N2O4/c1-3-10-24-16-9-4-13(11-17(16)23-2)12-19-20-15-7-5-14(6-8-15)18(21)22/h1,4-9,11-12,20H,10H2,2H3,(H,21,22). The Morgan fingerprint density at radius 2 is 2.04 bits per heavy atom. The van der Waals surface area contributed by atoms with Crippen molar-refractivity contribution in [1.82, 2.24) is 0 Å². The molecule has 24 heavy (non-hydrogen) atoms. The van der Waals surface area contributed by atoms with Gasteiger partial charge in [-0.3, -0.25) is 5.43 Å². The van der Waals surface area contributed by atoms with E-state index in [-0.39, 0.29) is 12.2 Å². The third-order valence-electron chi connectivity index (χ3n) is 3.04. The normalized spacial score (nSPS) is 10.2. The summed E-state index contributed by atoms with van der Waals surface area (Å²) in [5.41, 5.74) is 4.52. The fourth-order valence-electron chi connectivity index (χ4n) is 1.87. The zero-order valence-electron chi connectivity index (χ0n) is 13.0. The minimum absolute atomic E-state index is 0.164. The highest BCUT2D eigenvalue weighted by atomic mass is 16.5. The number of methoxy groups -OCH3 is 1. The number of anilines is 1. The van der Waals surface area contributed by atoms with E-state index >= 15 is 0 Å². The first-order chi connectivity index (χ1) is 11.6. The summed E-state index contributed by atoms with van der Waals surface area (Å²) >= 11 is 0. The molecule has 0 saturated heterocycles. The number of ether oxygens (including phenoxy) is 2. The molecule has 6 heteroatoms. The zero-order valence-corrected chi connectivity index (χ0v) is 13.0. The second-order valence-electron chi connectivity index (χ2n) is 4.66. The van der Waals surface area contributed by atoms with Crippen LogP contribution in [0.4, 0.5) is 5.69 Å². The second kappa shape index (κ2) is 8.25. The van der Waals surface area contributed by atoms with E-state index in [1.807, 2.05) is 6.07 Å². The summed E-state index contributed by atoms with van der Waals surface area (Å²) in [4.78, 5) is 10.8. The van der Waals surface area contributed by atoms with Gasteiger partial charge in [-0.15, -0.1) is 6.42 Å². The van der Waals surface area contributed by atoms with Gasteiger partial charge in [0.05, 0.1) is 24.6 Å². The molecule has 0 saturated carbocycles. The fourth-order valence-corrected chi connectivity index (χ4v) is 1.87. The number of hydrogen-bond acceptors (Lipinski definition) is 5. The summed E-state index contributed by atoms with van der Waals surface area (Å²) in [6.07, 6.45) is 6.78. The molecule has 2 aromatic carbocycles. The molecule has 122 valence electrons. The van der Waals surface area contributed by atoms with Crippen molar-refractivity contribution in [2.75, 3.05) is 19.1 Å². The maximum Gasteiger partial charge on any atom is 0.335 e. The number of carboxylic acid groups (broad SMARTS) is 1. The lowest BCUT2D eigenvalue weighted by atomic mass is 10.2. The third-order valence-corrected chi connectivity index (χ3v) is 3.04. The summed E-state index contributed by atoms with van der Waals surface area (Å²) in [5.74, 6) is 2.54. The Balaban J connectivity index is 2.03. The van der Waals surface area contributed by atoms with E-state index in [9.17, 15) is 4.79 Å². The van der Waals surface area contributed by atoms with Crippen molar-refractivity contribution in [2.45, 2.75) is 0 Å². The van der Waals surface area contributed by atoms with Crippen molar-refractivity contribution in [2.24, 2.45) is 5.10 Å². The minimum atomic E-state index is -0.968. The van der Waals surface area contributed by atoms with E-state index in [1.54, 1.807) is 37.6 Å².